The molecule has 0 radical (unpaired) electrons. The molecule has 0 fully saturated rings. The number of ether oxygens (including phenoxy) is 2. The van der Waals surface area contributed by atoms with Crippen LogP contribution in [0.15, 0.2) is 60.2 Å². The molecular weight excluding hydrogens is 459 g/mol. The Morgan fingerprint density at radius 2 is 1.91 bits per heavy atom. The molecule has 5 nitrogen and oxygen atoms in total. The van der Waals surface area contributed by atoms with E-state index in [0.717, 1.165) is 16.7 Å². The molecule has 0 unspecified atom stereocenters. The number of nitriles is 1. The van der Waals surface area contributed by atoms with Crippen molar-refractivity contribution in [3.05, 3.63) is 92.5 Å². The largest absolute Gasteiger partial charge is 0.493 e. The Kier molecular flexibility index (Phi) is 8.00. The Balaban J connectivity index is 1.83. The fourth-order valence-electron chi connectivity index (χ4n) is 3.20. The number of aryl methyl sites for hydroxylation is 2. The van der Waals surface area contributed by atoms with Crippen molar-refractivity contribution in [3.8, 4) is 17.6 Å². The smallest absolute Gasteiger partial charge is 0.266 e. The van der Waals surface area contributed by atoms with Crippen molar-refractivity contribution in [2.75, 3.05) is 12.4 Å². The molecule has 0 atom stereocenters. The van der Waals surface area contributed by atoms with Crippen LogP contribution in [0, 0.1) is 25.2 Å². The minimum Gasteiger partial charge on any atom is -0.493 e. The van der Waals surface area contributed by atoms with Crippen LogP contribution in [0.5, 0.6) is 11.5 Å². The number of hydrogen-bond acceptors (Lipinski definition) is 4. The van der Waals surface area contributed by atoms with E-state index >= 15 is 0 Å². The molecule has 33 heavy (non-hydrogen) atoms. The molecule has 1 N–H and O–H groups in total. The van der Waals surface area contributed by atoms with Crippen molar-refractivity contribution in [2.24, 2.45) is 0 Å². The third-order valence-corrected chi connectivity index (χ3v) is 5.35. The van der Waals surface area contributed by atoms with E-state index in [1.54, 1.807) is 24.3 Å². The molecule has 0 heterocycles. The van der Waals surface area contributed by atoms with E-state index in [9.17, 15) is 10.1 Å². The van der Waals surface area contributed by atoms with Gasteiger partial charge in [0.1, 0.15) is 18.2 Å². The van der Waals surface area contributed by atoms with E-state index in [4.69, 9.17) is 32.7 Å². The molecule has 3 rings (SSSR count). The van der Waals surface area contributed by atoms with Gasteiger partial charge in [0.05, 0.1) is 12.1 Å². The van der Waals surface area contributed by atoms with Crippen molar-refractivity contribution in [3.63, 3.8) is 0 Å². The molecule has 3 aromatic rings. The van der Waals surface area contributed by atoms with E-state index in [-0.39, 0.29) is 17.2 Å². The number of nitrogens with one attached hydrogen (secondary N) is 1. The summed E-state index contributed by atoms with van der Waals surface area (Å²) in [5, 5.41) is 13.2. The molecule has 1 amide bonds. The maximum atomic E-state index is 12.7. The van der Waals surface area contributed by atoms with Crippen molar-refractivity contribution >= 4 is 40.9 Å². The van der Waals surface area contributed by atoms with Crippen molar-refractivity contribution in [1.29, 1.82) is 5.26 Å². The quantitative estimate of drug-likeness (QED) is 0.300. The maximum absolute atomic E-state index is 12.7. The van der Waals surface area contributed by atoms with Crippen LogP contribution in [0.1, 0.15) is 22.3 Å². The molecule has 0 spiro atoms. The predicted molar refractivity (Wildman–Crippen MR) is 132 cm³/mol. The zero-order chi connectivity index (χ0) is 24.0. The summed E-state index contributed by atoms with van der Waals surface area (Å²) >= 11 is 12.5. The van der Waals surface area contributed by atoms with Gasteiger partial charge in [0.15, 0.2) is 11.5 Å². The Hall–Kier alpha value is -3.46. The third-order valence-electron chi connectivity index (χ3n) is 4.83. The fraction of sp³-hybridized carbons (Fsp3) is 0.154. The first-order chi connectivity index (χ1) is 15.8. The van der Waals surface area contributed by atoms with Crippen molar-refractivity contribution < 1.29 is 14.3 Å². The average Bonchev–Trinajstić information content (AvgIpc) is 2.78. The summed E-state index contributed by atoms with van der Waals surface area (Å²) in [5.41, 5.74) is 3.97. The number of carbonyl (C=O) groups excluding carboxylic acids is 1. The van der Waals surface area contributed by atoms with Gasteiger partial charge in [-0.25, -0.2) is 0 Å². The topological polar surface area (TPSA) is 71.3 Å². The average molecular weight is 481 g/mol. The van der Waals surface area contributed by atoms with E-state index in [1.807, 2.05) is 50.2 Å². The number of anilines is 1. The number of carbonyl (C=O) groups is 1. The van der Waals surface area contributed by atoms with Gasteiger partial charge in [0.2, 0.25) is 0 Å². The number of rotatable bonds is 7. The molecule has 0 saturated carbocycles. The van der Waals surface area contributed by atoms with Crippen LogP contribution >= 0.6 is 23.2 Å². The lowest BCUT2D eigenvalue weighted by molar-refractivity contribution is -0.112. The first kappa shape index (κ1) is 24.2. The van der Waals surface area contributed by atoms with Gasteiger partial charge < -0.3 is 14.8 Å². The number of nitrogens with zero attached hydrogens (tertiary/aromatic N) is 1. The number of benzene rings is 3. The van der Waals surface area contributed by atoms with Gasteiger partial charge in [-0.1, -0.05) is 53.0 Å². The Bertz CT molecular complexity index is 1260. The molecule has 0 saturated heterocycles. The first-order valence-corrected chi connectivity index (χ1v) is 10.8. The minimum atomic E-state index is -0.513. The highest BCUT2D eigenvalue weighted by molar-refractivity contribution is 6.32. The van der Waals surface area contributed by atoms with E-state index in [0.29, 0.717) is 27.8 Å². The lowest BCUT2D eigenvalue weighted by Gasteiger charge is -2.14. The summed E-state index contributed by atoms with van der Waals surface area (Å²) in [7, 11) is 1.49. The van der Waals surface area contributed by atoms with Crippen LogP contribution in [0.2, 0.25) is 10.0 Å². The monoisotopic (exact) mass is 480 g/mol. The summed E-state index contributed by atoms with van der Waals surface area (Å²) in [6.45, 7) is 4.11. The van der Waals surface area contributed by atoms with Crippen LogP contribution in [0.3, 0.4) is 0 Å². The molecule has 0 aromatic heterocycles. The Morgan fingerprint density at radius 1 is 1.12 bits per heavy atom. The highest BCUT2D eigenvalue weighted by atomic mass is 35.5. The molecule has 3 aromatic carbocycles. The number of halogens is 2. The van der Waals surface area contributed by atoms with Gasteiger partial charge in [-0.3, -0.25) is 4.79 Å². The summed E-state index contributed by atoms with van der Waals surface area (Å²) in [5.74, 6) is 0.221. The molecule has 0 aliphatic heterocycles. The molecule has 0 aliphatic rings. The van der Waals surface area contributed by atoms with Gasteiger partial charge in [0, 0.05) is 10.7 Å². The molecule has 7 heteroatoms. The SMILES string of the molecule is COc1cc(/C=C(\C#N)C(=O)Nc2ccc(C)cc2C)cc(Cl)c1OCc1cccc(Cl)c1. The lowest BCUT2D eigenvalue weighted by Crippen LogP contribution is -2.14. The molecule has 0 bridgehead atoms. The summed E-state index contributed by atoms with van der Waals surface area (Å²) in [6.07, 6.45) is 1.45. The van der Waals surface area contributed by atoms with Crippen LogP contribution in [-0.2, 0) is 11.4 Å². The van der Waals surface area contributed by atoms with Crippen LogP contribution in [0.4, 0.5) is 5.69 Å². The second-order valence-electron chi connectivity index (χ2n) is 7.40. The second kappa shape index (κ2) is 10.9. The van der Waals surface area contributed by atoms with Crippen molar-refractivity contribution in [1.82, 2.24) is 0 Å². The Labute approximate surface area is 203 Å². The van der Waals surface area contributed by atoms with Gasteiger partial charge in [0.25, 0.3) is 5.91 Å². The van der Waals surface area contributed by atoms with Crippen LogP contribution in [0.25, 0.3) is 6.08 Å². The summed E-state index contributed by atoms with van der Waals surface area (Å²) in [4.78, 5) is 12.7. The van der Waals surface area contributed by atoms with Gasteiger partial charge >= 0.3 is 0 Å². The maximum Gasteiger partial charge on any atom is 0.266 e. The highest BCUT2D eigenvalue weighted by Gasteiger charge is 2.15. The zero-order valence-corrected chi connectivity index (χ0v) is 19.9. The van der Waals surface area contributed by atoms with Gasteiger partial charge in [-0.2, -0.15) is 5.26 Å². The highest BCUT2D eigenvalue weighted by Crippen LogP contribution is 2.37. The standard InChI is InChI=1S/C26H22Cl2N2O3/c1-16-7-8-23(17(2)9-16)30-26(31)20(14-29)10-19-12-22(28)25(24(13-19)32-3)33-15-18-5-4-6-21(27)11-18/h4-13H,15H2,1-3H3,(H,30,31)/b20-10+. The minimum absolute atomic E-state index is 0.0688. The zero-order valence-electron chi connectivity index (χ0n) is 18.4. The second-order valence-corrected chi connectivity index (χ2v) is 8.24. The van der Waals surface area contributed by atoms with Gasteiger partial charge in [-0.05, 0) is 66.9 Å². The normalized spacial score (nSPS) is 11.0. The van der Waals surface area contributed by atoms with E-state index in [1.165, 1.54) is 13.2 Å². The lowest BCUT2D eigenvalue weighted by atomic mass is 10.1. The predicted octanol–water partition coefficient (Wildman–Crippen LogP) is 6.74. The van der Waals surface area contributed by atoms with Gasteiger partial charge in [-0.15, -0.1) is 0 Å². The third kappa shape index (κ3) is 6.29. The van der Waals surface area contributed by atoms with E-state index in [2.05, 4.69) is 5.32 Å². The van der Waals surface area contributed by atoms with E-state index < -0.39 is 5.91 Å². The Morgan fingerprint density at radius 3 is 2.58 bits per heavy atom. The molecule has 168 valence electrons. The number of methoxy groups -OCH3 is 1. The van der Waals surface area contributed by atoms with Crippen LogP contribution < -0.4 is 14.8 Å². The van der Waals surface area contributed by atoms with Crippen molar-refractivity contribution in [2.45, 2.75) is 20.5 Å². The number of amides is 1. The summed E-state index contributed by atoms with van der Waals surface area (Å²) in [6, 6.07) is 18.2. The van der Waals surface area contributed by atoms with Crippen LogP contribution in [-0.4, -0.2) is 13.0 Å². The molecular formula is C26H22Cl2N2O3. The summed E-state index contributed by atoms with van der Waals surface area (Å²) < 4.78 is 11.3. The number of hydrogen-bond donors (Lipinski definition) is 1. The molecule has 0 aliphatic carbocycles. The first-order valence-electron chi connectivity index (χ1n) is 10.1. The fourth-order valence-corrected chi connectivity index (χ4v) is 3.69.